The first-order valence-corrected chi connectivity index (χ1v) is 11.3. The number of rotatable bonds is 18. The highest BCUT2D eigenvalue weighted by atomic mass is 32.3. The maximum atomic E-state index is 11.0. The predicted molar refractivity (Wildman–Crippen MR) is 108 cm³/mol. The molecule has 0 fully saturated rings. The molecule has 3 atom stereocenters. The molecule has 0 radical (unpaired) electrons. The van der Waals surface area contributed by atoms with Crippen molar-refractivity contribution in [3.8, 4) is 0 Å². The maximum Gasteiger partial charge on any atom is 0.397 e. The van der Waals surface area contributed by atoms with Gasteiger partial charge in [0.15, 0.2) is 0 Å². The first-order chi connectivity index (χ1) is 12.3. The minimum Gasteiger partial charge on any atom is -0.396 e. The highest BCUT2D eigenvalue weighted by molar-refractivity contribution is 7.80. The first kappa shape index (κ1) is 29.0. The average molecular weight is 415 g/mol. The lowest BCUT2D eigenvalue weighted by atomic mass is 9.97. The summed E-state index contributed by atoms with van der Waals surface area (Å²) in [6.45, 7) is 2.30. The minimum atomic E-state index is -4.68. The van der Waals surface area contributed by atoms with E-state index in [1.165, 1.54) is 0 Å². The van der Waals surface area contributed by atoms with Crippen molar-refractivity contribution in [3.05, 3.63) is 0 Å². The van der Waals surface area contributed by atoms with Crippen LogP contribution in [0.5, 0.6) is 0 Å². The monoisotopic (exact) mass is 414 g/mol. The molecule has 0 amide bonds. The number of aliphatic hydroxyl groups is 3. The van der Waals surface area contributed by atoms with Crippen LogP contribution in [-0.2, 0) is 14.6 Å². The van der Waals surface area contributed by atoms with Gasteiger partial charge in [0.25, 0.3) is 0 Å². The summed E-state index contributed by atoms with van der Waals surface area (Å²) in [5, 5.41) is 29.1. The van der Waals surface area contributed by atoms with Crippen LogP contribution < -0.4 is 0 Å². The Morgan fingerprint density at radius 3 is 1.81 bits per heavy atom. The van der Waals surface area contributed by atoms with E-state index < -0.39 is 28.7 Å². The van der Waals surface area contributed by atoms with E-state index in [1.807, 2.05) is 0 Å². The Labute approximate surface area is 166 Å². The molecule has 0 heterocycles. The molecule has 27 heavy (non-hydrogen) atoms. The van der Waals surface area contributed by atoms with Crippen molar-refractivity contribution in [2.75, 3.05) is 6.61 Å². The van der Waals surface area contributed by atoms with Gasteiger partial charge in [0.2, 0.25) is 0 Å². The number of hydrogen-bond acceptors (Lipinski definition) is 6. The lowest BCUT2D eigenvalue weighted by Crippen LogP contribution is -2.40. The van der Waals surface area contributed by atoms with Gasteiger partial charge < -0.3 is 15.3 Å². The van der Waals surface area contributed by atoms with Gasteiger partial charge in [-0.15, -0.1) is 0 Å². The van der Waals surface area contributed by atoms with E-state index in [1.54, 1.807) is 0 Å². The van der Waals surface area contributed by atoms with E-state index in [9.17, 15) is 18.6 Å². The highest BCUT2D eigenvalue weighted by Gasteiger charge is 2.30. The third-order valence-corrected chi connectivity index (χ3v) is 5.01. The van der Waals surface area contributed by atoms with Crippen LogP contribution in [0.1, 0.15) is 97.8 Å². The number of unbranched alkanes of at least 4 members (excludes halogenated alkanes) is 9. The molecule has 0 saturated carbocycles. The van der Waals surface area contributed by atoms with Crippen molar-refractivity contribution in [2.45, 2.75) is 116 Å². The van der Waals surface area contributed by atoms with Crippen LogP contribution in [0.15, 0.2) is 0 Å². The smallest absolute Gasteiger partial charge is 0.396 e. The molecule has 3 unspecified atom stereocenters. The third-order valence-electron chi connectivity index (χ3n) is 4.52. The van der Waals surface area contributed by atoms with Crippen LogP contribution >= 0.6 is 0 Å². The normalized spacial score (nSPS) is 15.1. The standard InChI is InChI=1S/C18H38O7S.CH4/c1-2-3-4-7-11-14-17(25-26(22,23)24)18(21)16(20)13-10-8-5-6-9-12-15-19;/h16-21H,2-15H2,1H3,(H,22,23,24);1H4. The first-order valence-electron chi connectivity index (χ1n) is 9.94. The van der Waals surface area contributed by atoms with Gasteiger partial charge in [-0.05, 0) is 19.3 Å². The second-order valence-corrected chi connectivity index (χ2v) is 8.00. The summed E-state index contributed by atoms with van der Waals surface area (Å²) < 4.78 is 35.5. The van der Waals surface area contributed by atoms with Crippen molar-refractivity contribution in [1.29, 1.82) is 0 Å². The summed E-state index contributed by atoms with van der Waals surface area (Å²) in [6.07, 6.45) is 7.19. The molecular weight excluding hydrogens is 372 g/mol. The average Bonchev–Trinajstić information content (AvgIpc) is 2.58. The number of aliphatic hydroxyl groups excluding tert-OH is 3. The van der Waals surface area contributed by atoms with Gasteiger partial charge in [-0.2, -0.15) is 8.42 Å². The fraction of sp³-hybridized carbons (Fsp3) is 1.00. The van der Waals surface area contributed by atoms with Gasteiger partial charge in [-0.1, -0.05) is 78.6 Å². The van der Waals surface area contributed by atoms with Crippen molar-refractivity contribution in [3.63, 3.8) is 0 Å². The van der Waals surface area contributed by atoms with E-state index >= 15 is 0 Å². The Morgan fingerprint density at radius 1 is 0.815 bits per heavy atom. The zero-order valence-corrected chi connectivity index (χ0v) is 16.9. The minimum absolute atomic E-state index is 0. The summed E-state index contributed by atoms with van der Waals surface area (Å²) in [5.41, 5.74) is 0. The van der Waals surface area contributed by atoms with Crippen LogP contribution in [0, 0.1) is 0 Å². The molecule has 0 aliphatic rings. The van der Waals surface area contributed by atoms with E-state index in [4.69, 9.17) is 9.66 Å². The SMILES string of the molecule is C.CCCCCCCC(OS(=O)(=O)O)C(O)C(O)CCCCCCCCO. The molecule has 0 spiro atoms. The van der Waals surface area contributed by atoms with Gasteiger partial charge in [-0.3, -0.25) is 4.55 Å². The Balaban J connectivity index is 0. The van der Waals surface area contributed by atoms with Crippen molar-refractivity contribution >= 4 is 10.4 Å². The van der Waals surface area contributed by atoms with Crippen LogP contribution in [0.2, 0.25) is 0 Å². The van der Waals surface area contributed by atoms with Crippen LogP contribution in [0.4, 0.5) is 0 Å². The van der Waals surface area contributed by atoms with Crippen molar-refractivity contribution < 1.29 is 32.5 Å². The molecule has 0 saturated heterocycles. The molecule has 0 aliphatic carbocycles. The Morgan fingerprint density at radius 2 is 1.30 bits per heavy atom. The van der Waals surface area contributed by atoms with E-state index in [2.05, 4.69) is 11.1 Å². The second-order valence-electron chi connectivity index (χ2n) is 6.96. The molecule has 0 aliphatic heterocycles. The van der Waals surface area contributed by atoms with Gasteiger partial charge in [0, 0.05) is 6.61 Å². The molecule has 8 heteroatoms. The largest absolute Gasteiger partial charge is 0.397 e. The van der Waals surface area contributed by atoms with Crippen molar-refractivity contribution in [1.82, 2.24) is 0 Å². The molecule has 0 aromatic rings. The Kier molecular flexibility index (Phi) is 19.1. The summed E-state index contributed by atoms with van der Waals surface area (Å²) in [5.74, 6) is 0. The fourth-order valence-corrected chi connectivity index (χ4v) is 3.49. The molecule has 0 aromatic heterocycles. The number of hydrogen-bond donors (Lipinski definition) is 4. The van der Waals surface area contributed by atoms with Gasteiger partial charge >= 0.3 is 10.4 Å². The van der Waals surface area contributed by atoms with Crippen molar-refractivity contribution in [2.24, 2.45) is 0 Å². The summed E-state index contributed by atoms with van der Waals surface area (Å²) >= 11 is 0. The van der Waals surface area contributed by atoms with Crippen LogP contribution in [0.3, 0.4) is 0 Å². The fourth-order valence-electron chi connectivity index (χ4n) is 2.97. The summed E-state index contributed by atoms with van der Waals surface area (Å²) in [6, 6.07) is 0. The van der Waals surface area contributed by atoms with Gasteiger partial charge in [0.05, 0.1) is 6.10 Å². The highest BCUT2D eigenvalue weighted by Crippen LogP contribution is 2.19. The molecular formula is C19H42O7S. The van der Waals surface area contributed by atoms with Crippen LogP contribution in [0.25, 0.3) is 0 Å². The summed E-state index contributed by atoms with van der Waals surface area (Å²) in [7, 11) is -4.68. The molecule has 0 rings (SSSR count). The lowest BCUT2D eigenvalue weighted by Gasteiger charge is -2.25. The maximum absolute atomic E-state index is 11.0. The Bertz CT molecular complexity index is 414. The van der Waals surface area contributed by atoms with Crippen LogP contribution in [-0.4, -0.2) is 53.2 Å². The molecule has 0 bridgehead atoms. The van der Waals surface area contributed by atoms with E-state index in [0.29, 0.717) is 19.3 Å². The quantitative estimate of drug-likeness (QED) is 0.199. The van der Waals surface area contributed by atoms with Gasteiger partial charge in [-0.25, -0.2) is 4.18 Å². The van der Waals surface area contributed by atoms with E-state index in [0.717, 1.165) is 57.8 Å². The second kappa shape index (κ2) is 17.8. The molecule has 7 nitrogen and oxygen atoms in total. The zero-order valence-electron chi connectivity index (χ0n) is 16.1. The predicted octanol–water partition coefficient (Wildman–Crippen LogP) is 3.62. The van der Waals surface area contributed by atoms with Gasteiger partial charge in [0.1, 0.15) is 12.2 Å². The lowest BCUT2D eigenvalue weighted by molar-refractivity contribution is -0.0562. The van der Waals surface area contributed by atoms with E-state index in [-0.39, 0.29) is 20.5 Å². The topological polar surface area (TPSA) is 124 Å². The molecule has 0 aromatic carbocycles. The summed E-state index contributed by atoms with van der Waals surface area (Å²) in [4.78, 5) is 0. The molecule has 4 N–H and O–H groups in total. The third kappa shape index (κ3) is 17.6. The zero-order chi connectivity index (χ0) is 19.8. The molecule has 166 valence electrons. The Hall–Kier alpha value is -0.250.